The fourth-order valence-electron chi connectivity index (χ4n) is 2.30. The summed E-state index contributed by atoms with van der Waals surface area (Å²) in [5.74, 6) is -0.0218. The predicted octanol–water partition coefficient (Wildman–Crippen LogP) is 2.02. The van der Waals surface area contributed by atoms with E-state index in [1.807, 2.05) is 6.92 Å². The third kappa shape index (κ3) is 4.93. The molecule has 5 nitrogen and oxygen atoms in total. The van der Waals surface area contributed by atoms with Gasteiger partial charge in [0.15, 0.2) is 0 Å². The lowest BCUT2D eigenvalue weighted by atomic mass is 10.1. The summed E-state index contributed by atoms with van der Waals surface area (Å²) in [6.07, 6.45) is 4.99. The molecule has 0 radical (unpaired) electrons. The summed E-state index contributed by atoms with van der Waals surface area (Å²) in [5, 5.41) is 11.9. The van der Waals surface area contributed by atoms with Gasteiger partial charge in [0.05, 0.1) is 5.92 Å². The molecular formula is C13H24N2O3S. The van der Waals surface area contributed by atoms with Crippen molar-refractivity contribution in [2.45, 2.75) is 44.7 Å². The Morgan fingerprint density at radius 1 is 1.47 bits per heavy atom. The Kier molecular flexibility index (Phi) is 6.48. The van der Waals surface area contributed by atoms with Crippen molar-refractivity contribution in [3.63, 3.8) is 0 Å². The number of carbonyl (C=O) groups excluding carboxylic acids is 1. The van der Waals surface area contributed by atoms with Crippen molar-refractivity contribution in [1.82, 2.24) is 10.2 Å². The largest absolute Gasteiger partial charge is 0.481 e. The van der Waals surface area contributed by atoms with E-state index in [0.29, 0.717) is 12.8 Å². The quantitative estimate of drug-likeness (QED) is 0.784. The Bertz CT molecular complexity index is 325. The first kappa shape index (κ1) is 16.1. The highest BCUT2D eigenvalue weighted by atomic mass is 32.2. The third-order valence-electron chi connectivity index (χ3n) is 3.83. The van der Waals surface area contributed by atoms with Crippen LogP contribution >= 0.6 is 11.8 Å². The molecule has 0 heterocycles. The van der Waals surface area contributed by atoms with Crippen molar-refractivity contribution in [2.75, 3.05) is 19.1 Å². The normalized spacial score (nSPS) is 23.9. The number of hydrogen-bond acceptors (Lipinski definition) is 3. The highest BCUT2D eigenvalue weighted by Crippen LogP contribution is 2.25. The Balaban J connectivity index is 2.36. The molecule has 1 rings (SSSR count). The molecule has 3 atom stereocenters. The Morgan fingerprint density at radius 3 is 2.68 bits per heavy atom. The first-order valence-electron chi connectivity index (χ1n) is 6.70. The number of urea groups is 1. The van der Waals surface area contributed by atoms with Crippen molar-refractivity contribution < 1.29 is 14.7 Å². The van der Waals surface area contributed by atoms with E-state index in [0.717, 1.165) is 18.6 Å². The van der Waals surface area contributed by atoms with E-state index in [9.17, 15) is 9.59 Å². The van der Waals surface area contributed by atoms with E-state index in [2.05, 4.69) is 11.6 Å². The number of hydrogen-bond donors (Lipinski definition) is 2. The van der Waals surface area contributed by atoms with E-state index < -0.39 is 5.97 Å². The van der Waals surface area contributed by atoms with Crippen LogP contribution in [0.25, 0.3) is 0 Å². The minimum atomic E-state index is -0.751. The lowest BCUT2D eigenvalue weighted by molar-refractivity contribution is -0.141. The molecule has 0 spiro atoms. The molecule has 1 aliphatic rings. The van der Waals surface area contributed by atoms with Gasteiger partial charge < -0.3 is 15.3 Å². The van der Waals surface area contributed by atoms with Crippen molar-refractivity contribution in [3.8, 4) is 0 Å². The maximum atomic E-state index is 12.0. The SMILES string of the molecule is CSCCC(C)N(C)C(=O)N[C@H]1CC[C@@H](C(=O)O)C1. The maximum absolute atomic E-state index is 12.0. The van der Waals surface area contributed by atoms with Crippen LogP contribution < -0.4 is 5.32 Å². The van der Waals surface area contributed by atoms with Gasteiger partial charge in [-0.05, 0) is 44.6 Å². The van der Waals surface area contributed by atoms with Crippen LogP contribution in [0.3, 0.4) is 0 Å². The third-order valence-corrected chi connectivity index (χ3v) is 4.47. The lowest BCUT2D eigenvalue weighted by Crippen LogP contribution is -2.46. The number of amides is 2. The summed E-state index contributed by atoms with van der Waals surface area (Å²) in [6.45, 7) is 2.03. The van der Waals surface area contributed by atoms with Gasteiger partial charge in [-0.15, -0.1) is 0 Å². The van der Waals surface area contributed by atoms with Crippen LogP contribution in [0.2, 0.25) is 0 Å². The van der Waals surface area contributed by atoms with E-state index in [1.165, 1.54) is 0 Å². The van der Waals surface area contributed by atoms with Crippen LogP contribution in [0.1, 0.15) is 32.6 Å². The molecule has 0 saturated heterocycles. The Morgan fingerprint density at radius 2 is 2.16 bits per heavy atom. The summed E-state index contributed by atoms with van der Waals surface area (Å²) in [7, 11) is 1.80. The first-order valence-corrected chi connectivity index (χ1v) is 8.10. The number of carboxylic acids is 1. The van der Waals surface area contributed by atoms with Crippen molar-refractivity contribution in [2.24, 2.45) is 5.92 Å². The van der Waals surface area contributed by atoms with Gasteiger partial charge in [-0.1, -0.05) is 0 Å². The summed E-state index contributed by atoms with van der Waals surface area (Å²) in [6, 6.07) is 0.109. The van der Waals surface area contributed by atoms with Gasteiger partial charge >= 0.3 is 12.0 Å². The monoisotopic (exact) mass is 288 g/mol. The van der Waals surface area contributed by atoms with Gasteiger partial charge in [-0.25, -0.2) is 4.79 Å². The molecule has 0 aromatic carbocycles. The average molecular weight is 288 g/mol. The second-order valence-electron chi connectivity index (χ2n) is 5.24. The van der Waals surface area contributed by atoms with Crippen LogP contribution in [0.15, 0.2) is 0 Å². The standard InChI is InChI=1S/C13H24N2O3S/c1-9(6-7-19-3)15(2)13(18)14-11-5-4-10(8-11)12(16)17/h9-11H,4-8H2,1-3H3,(H,14,18)(H,16,17)/t9?,10-,11+/m1/s1. The number of rotatable bonds is 6. The fraction of sp³-hybridized carbons (Fsp3) is 0.846. The van der Waals surface area contributed by atoms with E-state index >= 15 is 0 Å². The zero-order valence-corrected chi connectivity index (χ0v) is 12.7. The van der Waals surface area contributed by atoms with E-state index in [4.69, 9.17) is 5.11 Å². The molecule has 2 amide bonds. The van der Waals surface area contributed by atoms with Crippen LogP contribution in [0, 0.1) is 5.92 Å². The second-order valence-corrected chi connectivity index (χ2v) is 6.22. The minimum absolute atomic E-state index is 0.00352. The summed E-state index contributed by atoms with van der Waals surface area (Å²) in [5.41, 5.74) is 0. The average Bonchev–Trinajstić information content (AvgIpc) is 2.83. The number of carbonyl (C=O) groups is 2. The van der Waals surface area contributed by atoms with Crippen LogP contribution in [0.5, 0.6) is 0 Å². The smallest absolute Gasteiger partial charge is 0.317 e. The van der Waals surface area contributed by atoms with Crippen molar-refractivity contribution in [1.29, 1.82) is 0 Å². The highest BCUT2D eigenvalue weighted by molar-refractivity contribution is 7.98. The fourth-order valence-corrected chi connectivity index (χ4v) is 2.87. The predicted molar refractivity (Wildman–Crippen MR) is 77.5 cm³/mol. The number of nitrogens with zero attached hydrogens (tertiary/aromatic N) is 1. The van der Waals surface area contributed by atoms with Crippen LogP contribution in [-0.4, -0.2) is 53.1 Å². The Hall–Kier alpha value is -0.910. The molecule has 1 fully saturated rings. The molecule has 0 aromatic heterocycles. The minimum Gasteiger partial charge on any atom is -0.481 e. The topological polar surface area (TPSA) is 69.6 Å². The van der Waals surface area contributed by atoms with Gasteiger partial charge in [-0.3, -0.25) is 4.79 Å². The van der Waals surface area contributed by atoms with E-state index in [1.54, 1.807) is 23.7 Å². The maximum Gasteiger partial charge on any atom is 0.317 e. The zero-order valence-electron chi connectivity index (χ0n) is 11.9. The molecule has 1 saturated carbocycles. The molecule has 1 unspecified atom stereocenters. The summed E-state index contributed by atoms with van der Waals surface area (Å²) < 4.78 is 0. The van der Waals surface area contributed by atoms with Gasteiger partial charge in [-0.2, -0.15) is 11.8 Å². The molecule has 0 aromatic rings. The van der Waals surface area contributed by atoms with Gasteiger partial charge in [0.1, 0.15) is 0 Å². The number of nitrogens with one attached hydrogen (secondary N) is 1. The molecule has 0 bridgehead atoms. The Labute approximate surface area is 119 Å². The first-order chi connectivity index (χ1) is 8.95. The zero-order chi connectivity index (χ0) is 14.4. The molecule has 2 N–H and O–H groups in total. The van der Waals surface area contributed by atoms with Gasteiger partial charge in [0.25, 0.3) is 0 Å². The second kappa shape index (κ2) is 7.62. The van der Waals surface area contributed by atoms with Gasteiger partial charge in [0.2, 0.25) is 0 Å². The van der Waals surface area contributed by atoms with Crippen molar-refractivity contribution >= 4 is 23.8 Å². The number of carboxylic acid groups (broad SMARTS) is 1. The van der Waals surface area contributed by atoms with Gasteiger partial charge in [0, 0.05) is 19.1 Å². The van der Waals surface area contributed by atoms with E-state index in [-0.39, 0.29) is 24.0 Å². The number of thioether (sulfide) groups is 1. The molecule has 6 heteroatoms. The van der Waals surface area contributed by atoms with Crippen molar-refractivity contribution in [3.05, 3.63) is 0 Å². The lowest BCUT2D eigenvalue weighted by Gasteiger charge is -2.26. The molecule has 110 valence electrons. The van der Waals surface area contributed by atoms with Crippen LogP contribution in [0.4, 0.5) is 4.79 Å². The summed E-state index contributed by atoms with van der Waals surface area (Å²) >= 11 is 1.77. The summed E-state index contributed by atoms with van der Waals surface area (Å²) in [4.78, 5) is 24.6. The number of aliphatic carboxylic acids is 1. The molecular weight excluding hydrogens is 264 g/mol. The molecule has 0 aliphatic heterocycles. The highest BCUT2D eigenvalue weighted by Gasteiger charge is 2.31. The molecule has 19 heavy (non-hydrogen) atoms. The van der Waals surface area contributed by atoms with Crippen LogP contribution in [-0.2, 0) is 4.79 Å². The molecule has 1 aliphatic carbocycles.